The Morgan fingerprint density at radius 2 is 1.88 bits per heavy atom. The minimum absolute atomic E-state index is 0.211. The van der Waals surface area contributed by atoms with Crippen LogP contribution in [0.5, 0.6) is 0 Å². The van der Waals surface area contributed by atoms with Crippen molar-refractivity contribution in [2.45, 2.75) is 45.6 Å². The van der Waals surface area contributed by atoms with Gasteiger partial charge in [0.1, 0.15) is 5.82 Å². The van der Waals surface area contributed by atoms with Crippen molar-refractivity contribution in [1.82, 2.24) is 0 Å². The van der Waals surface area contributed by atoms with Crippen molar-refractivity contribution in [3.8, 4) is 0 Å². The van der Waals surface area contributed by atoms with Crippen LogP contribution in [0.25, 0.3) is 0 Å². The first kappa shape index (κ1) is 13.5. The molecule has 0 spiro atoms. The molecule has 0 saturated carbocycles. The van der Waals surface area contributed by atoms with E-state index in [0.29, 0.717) is 10.5 Å². The van der Waals surface area contributed by atoms with Gasteiger partial charge in [0.15, 0.2) is 0 Å². The second-order valence-corrected chi connectivity index (χ2v) is 4.90. The minimum atomic E-state index is -0.211. The fourth-order valence-corrected chi connectivity index (χ4v) is 2.05. The van der Waals surface area contributed by atoms with Gasteiger partial charge in [-0.2, -0.15) is 0 Å². The third-order valence-electron chi connectivity index (χ3n) is 2.56. The Morgan fingerprint density at radius 3 is 2.38 bits per heavy atom. The lowest BCUT2D eigenvalue weighted by molar-refractivity contribution is 0.584. The Morgan fingerprint density at radius 1 is 1.25 bits per heavy atom. The standard InChI is InChI=1S/C13H19BrFN/c1-3-5-10(6-4-2)16-11-7-8-12(14)13(15)9-11/h7-10,16H,3-6H2,1-2H3. The monoisotopic (exact) mass is 287 g/mol. The van der Waals surface area contributed by atoms with Crippen molar-refractivity contribution in [2.75, 3.05) is 5.32 Å². The van der Waals surface area contributed by atoms with Crippen LogP contribution in [-0.2, 0) is 0 Å². The molecular formula is C13H19BrFN. The van der Waals surface area contributed by atoms with Gasteiger partial charge in [-0.1, -0.05) is 26.7 Å². The molecule has 0 atom stereocenters. The largest absolute Gasteiger partial charge is 0.382 e. The molecule has 1 aromatic rings. The summed E-state index contributed by atoms with van der Waals surface area (Å²) in [6, 6.07) is 5.65. The Hall–Kier alpha value is -0.570. The molecule has 3 heteroatoms. The van der Waals surface area contributed by atoms with Crippen molar-refractivity contribution in [1.29, 1.82) is 0 Å². The van der Waals surface area contributed by atoms with Gasteiger partial charge in [0.05, 0.1) is 4.47 Å². The Balaban J connectivity index is 2.65. The van der Waals surface area contributed by atoms with Crippen LogP contribution in [-0.4, -0.2) is 6.04 Å². The van der Waals surface area contributed by atoms with E-state index >= 15 is 0 Å². The number of nitrogens with one attached hydrogen (secondary N) is 1. The molecule has 0 heterocycles. The molecule has 0 unspecified atom stereocenters. The van der Waals surface area contributed by atoms with Gasteiger partial charge >= 0.3 is 0 Å². The van der Waals surface area contributed by atoms with Crippen molar-refractivity contribution in [3.05, 3.63) is 28.5 Å². The highest BCUT2D eigenvalue weighted by Gasteiger charge is 2.07. The van der Waals surface area contributed by atoms with E-state index in [2.05, 4.69) is 35.1 Å². The predicted molar refractivity (Wildman–Crippen MR) is 71.3 cm³/mol. The van der Waals surface area contributed by atoms with Crippen LogP contribution in [0, 0.1) is 5.82 Å². The van der Waals surface area contributed by atoms with Crippen LogP contribution in [0.1, 0.15) is 39.5 Å². The van der Waals surface area contributed by atoms with Gasteiger partial charge in [0.25, 0.3) is 0 Å². The van der Waals surface area contributed by atoms with E-state index in [-0.39, 0.29) is 5.82 Å². The quantitative estimate of drug-likeness (QED) is 0.779. The first-order chi connectivity index (χ1) is 7.67. The Bertz CT molecular complexity index is 322. The SMILES string of the molecule is CCCC(CCC)Nc1ccc(Br)c(F)c1. The molecule has 16 heavy (non-hydrogen) atoms. The zero-order valence-corrected chi connectivity index (χ0v) is 11.5. The predicted octanol–water partition coefficient (Wildman–Crippen LogP) is 4.97. The number of rotatable bonds is 6. The van der Waals surface area contributed by atoms with Crippen molar-refractivity contribution in [2.24, 2.45) is 0 Å². The zero-order chi connectivity index (χ0) is 12.0. The summed E-state index contributed by atoms with van der Waals surface area (Å²) in [7, 11) is 0. The maximum absolute atomic E-state index is 13.3. The molecule has 0 radical (unpaired) electrons. The van der Waals surface area contributed by atoms with E-state index in [0.717, 1.165) is 31.4 Å². The summed E-state index contributed by atoms with van der Waals surface area (Å²) < 4.78 is 13.8. The average Bonchev–Trinajstić information content (AvgIpc) is 2.24. The van der Waals surface area contributed by atoms with Gasteiger partial charge in [-0.25, -0.2) is 4.39 Å². The van der Waals surface area contributed by atoms with Crippen LogP contribution < -0.4 is 5.32 Å². The summed E-state index contributed by atoms with van der Waals surface area (Å²) in [6.07, 6.45) is 4.56. The first-order valence-corrected chi connectivity index (χ1v) is 6.68. The van der Waals surface area contributed by atoms with Gasteiger partial charge in [-0.05, 0) is 47.0 Å². The molecule has 0 amide bonds. The number of halogens is 2. The lowest BCUT2D eigenvalue weighted by Gasteiger charge is -2.18. The van der Waals surface area contributed by atoms with E-state index in [9.17, 15) is 4.39 Å². The highest BCUT2D eigenvalue weighted by Crippen LogP contribution is 2.21. The first-order valence-electron chi connectivity index (χ1n) is 5.89. The molecule has 90 valence electrons. The maximum atomic E-state index is 13.3. The lowest BCUT2D eigenvalue weighted by atomic mass is 10.1. The third kappa shape index (κ3) is 4.12. The smallest absolute Gasteiger partial charge is 0.139 e. The maximum Gasteiger partial charge on any atom is 0.139 e. The number of hydrogen-bond acceptors (Lipinski definition) is 1. The van der Waals surface area contributed by atoms with Crippen LogP contribution in [0.2, 0.25) is 0 Å². The molecule has 0 saturated heterocycles. The van der Waals surface area contributed by atoms with E-state index < -0.39 is 0 Å². The van der Waals surface area contributed by atoms with Crippen LogP contribution in [0.3, 0.4) is 0 Å². The van der Waals surface area contributed by atoms with Gasteiger partial charge in [0.2, 0.25) is 0 Å². The van der Waals surface area contributed by atoms with E-state index in [4.69, 9.17) is 0 Å². The van der Waals surface area contributed by atoms with Crippen molar-refractivity contribution >= 4 is 21.6 Å². The molecule has 0 aromatic heterocycles. The molecule has 0 aliphatic carbocycles. The minimum Gasteiger partial charge on any atom is -0.382 e. The van der Waals surface area contributed by atoms with E-state index in [1.54, 1.807) is 12.1 Å². The Kier molecular flexibility index (Phi) is 5.81. The zero-order valence-electron chi connectivity index (χ0n) is 9.89. The average molecular weight is 288 g/mol. The molecule has 1 N–H and O–H groups in total. The van der Waals surface area contributed by atoms with Crippen LogP contribution >= 0.6 is 15.9 Å². The Labute approximate surface area is 106 Å². The second kappa shape index (κ2) is 6.89. The van der Waals surface area contributed by atoms with Crippen molar-refractivity contribution in [3.63, 3.8) is 0 Å². The molecule has 1 nitrogen and oxygen atoms in total. The molecule has 0 aliphatic heterocycles. The summed E-state index contributed by atoms with van der Waals surface area (Å²) >= 11 is 3.15. The number of hydrogen-bond donors (Lipinski definition) is 1. The van der Waals surface area contributed by atoms with Gasteiger partial charge in [-0.15, -0.1) is 0 Å². The summed E-state index contributed by atoms with van der Waals surface area (Å²) in [5, 5.41) is 3.39. The summed E-state index contributed by atoms with van der Waals surface area (Å²) in [5.74, 6) is -0.211. The lowest BCUT2D eigenvalue weighted by Crippen LogP contribution is -2.18. The van der Waals surface area contributed by atoms with Crippen LogP contribution in [0.4, 0.5) is 10.1 Å². The molecule has 0 aliphatic rings. The van der Waals surface area contributed by atoms with E-state index in [1.165, 1.54) is 0 Å². The normalized spacial score (nSPS) is 10.8. The third-order valence-corrected chi connectivity index (χ3v) is 3.21. The summed E-state index contributed by atoms with van der Waals surface area (Å²) in [4.78, 5) is 0. The highest BCUT2D eigenvalue weighted by atomic mass is 79.9. The van der Waals surface area contributed by atoms with Gasteiger partial charge in [0, 0.05) is 11.7 Å². The molecule has 1 rings (SSSR count). The molecular weight excluding hydrogens is 269 g/mol. The highest BCUT2D eigenvalue weighted by molar-refractivity contribution is 9.10. The summed E-state index contributed by atoms with van der Waals surface area (Å²) in [6.45, 7) is 4.35. The fraction of sp³-hybridized carbons (Fsp3) is 0.538. The van der Waals surface area contributed by atoms with Crippen molar-refractivity contribution < 1.29 is 4.39 Å². The molecule has 1 aromatic carbocycles. The van der Waals surface area contributed by atoms with Crippen LogP contribution in [0.15, 0.2) is 22.7 Å². The fourth-order valence-electron chi connectivity index (χ4n) is 1.81. The molecule has 0 fully saturated rings. The van der Waals surface area contributed by atoms with Gasteiger partial charge < -0.3 is 5.32 Å². The summed E-state index contributed by atoms with van der Waals surface area (Å²) in [5.41, 5.74) is 0.868. The van der Waals surface area contributed by atoms with Gasteiger partial charge in [-0.3, -0.25) is 0 Å². The van der Waals surface area contributed by atoms with E-state index in [1.807, 2.05) is 6.07 Å². The molecule has 0 bridgehead atoms. The second-order valence-electron chi connectivity index (χ2n) is 4.05. The number of benzene rings is 1. The number of anilines is 1. The topological polar surface area (TPSA) is 12.0 Å².